The molecule has 3 rings (SSSR count). The van der Waals surface area contributed by atoms with Crippen LogP contribution >= 0.6 is 0 Å². The molecule has 1 saturated carbocycles. The molecular formula is C18H26N2O2. The number of benzene rings is 1. The fraction of sp³-hybridized carbons (Fsp3) is 0.611. The van der Waals surface area contributed by atoms with E-state index in [1.165, 1.54) is 18.4 Å². The number of likely N-dealkylation sites (N-methyl/N-ethyl adjacent to an activating group) is 1. The number of amides is 1. The first kappa shape index (κ1) is 15.3. The molecule has 4 nitrogen and oxygen atoms in total. The predicted molar refractivity (Wildman–Crippen MR) is 87.1 cm³/mol. The molecule has 2 aliphatic rings. The Kier molecular flexibility index (Phi) is 4.67. The van der Waals surface area contributed by atoms with E-state index in [2.05, 4.69) is 29.4 Å². The Hall–Kier alpha value is -1.55. The monoisotopic (exact) mass is 302 g/mol. The zero-order valence-corrected chi connectivity index (χ0v) is 13.5. The summed E-state index contributed by atoms with van der Waals surface area (Å²) < 4.78 is 5.34. The fourth-order valence-corrected chi connectivity index (χ4v) is 3.85. The largest absolute Gasteiger partial charge is 0.497 e. The molecule has 2 atom stereocenters. The Bertz CT molecular complexity index is 526. The van der Waals surface area contributed by atoms with Gasteiger partial charge < -0.3 is 15.0 Å². The van der Waals surface area contributed by atoms with Gasteiger partial charge in [-0.05, 0) is 37.6 Å². The molecule has 0 bridgehead atoms. The van der Waals surface area contributed by atoms with Crippen LogP contribution in [0.3, 0.4) is 0 Å². The summed E-state index contributed by atoms with van der Waals surface area (Å²) in [6, 6.07) is 8.43. The third kappa shape index (κ3) is 3.27. The summed E-state index contributed by atoms with van der Waals surface area (Å²) in [5.41, 5.74) is 1.25. The molecule has 22 heavy (non-hydrogen) atoms. The van der Waals surface area contributed by atoms with Crippen molar-refractivity contribution in [2.45, 2.75) is 37.6 Å². The average Bonchev–Trinajstić information content (AvgIpc) is 3.17. The van der Waals surface area contributed by atoms with Gasteiger partial charge >= 0.3 is 0 Å². The second-order valence-electron chi connectivity index (χ2n) is 6.70. The molecule has 1 aromatic rings. The van der Waals surface area contributed by atoms with Crippen LogP contribution in [-0.2, 0) is 4.79 Å². The zero-order chi connectivity index (χ0) is 15.5. The van der Waals surface area contributed by atoms with Gasteiger partial charge in [0.15, 0.2) is 0 Å². The smallest absolute Gasteiger partial charge is 0.223 e. The molecule has 0 unspecified atom stereocenters. The van der Waals surface area contributed by atoms with Crippen LogP contribution in [0.5, 0.6) is 5.75 Å². The number of nitrogens with zero attached hydrogens (tertiary/aromatic N) is 1. The Morgan fingerprint density at radius 1 is 1.27 bits per heavy atom. The van der Waals surface area contributed by atoms with E-state index in [9.17, 15) is 4.79 Å². The molecule has 2 fully saturated rings. The summed E-state index contributed by atoms with van der Waals surface area (Å²) in [5, 5.41) is 3.32. The van der Waals surface area contributed by atoms with Gasteiger partial charge in [0.25, 0.3) is 0 Å². The molecule has 1 amide bonds. The molecule has 0 spiro atoms. The highest BCUT2D eigenvalue weighted by Gasteiger charge is 2.35. The van der Waals surface area contributed by atoms with Crippen molar-refractivity contribution in [3.05, 3.63) is 29.8 Å². The highest BCUT2D eigenvalue weighted by atomic mass is 16.5. The van der Waals surface area contributed by atoms with Crippen LogP contribution in [0.2, 0.25) is 0 Å². The van der Waals surface area contributed by atoms with E-state index < -0.39 is 0 Å². The van der Waals surface area contributed by atoms with Crippen LogP contribution in [0.4, 0.5) is 0 Å². The number of nitrogens with one attached hydrogen (secondary N) is 1. The van der Waals surface area contributed by atoms with Crippen LogP contribution in [0, 0.1) is 5.92 Å². The number of carbonyl (C=O) groups is 1. The SMILES string of the molecule is COc1cccc([C@@H]2CN(C)C[C@H]2NC(=O)C2CCCC2)c1. The van der Waals surface area contributed by atoms with E-state index in [1.807, 2.05) is 12.1 Å². The van der Waals surface area contributed by atoms with Crippen molar-refractivity contribution < 1.29 is 9.53 Å². The first-order chi connectivity index (χ1) is 10.7. The first-order valence-corrected chi connectivity index (χ1v) is 8.30. The van der Waals surface area contributed by atoms with Crippen molar-refractivity contribution >= 4 is 5.91 Å². The standard InChI is InChI=1S/C18H26N2O2/c1-20-11-16(14-8-5-9-15(10-14)22-2)17(12-20)19-18(21)13-6-3-4-7-13/h5,8-10,13,16-17H,3-4,6-7,11-12H2,1-2H3,(H,19,21)/t16-,17+/m0/s1. The molecule has 0 radical (unpaired) electrons. The molecule has 1 aliphatic carbocycles. The van der Waals surface area contributed by atoms with E-state index in [0.29, 0.717) is 5.92 Å². The van der Waals surface area contributed by atoms with Crippen LogP contribution in [0.25, 0.3) is 0 Å². The number of hydrogen-bond acceptors (Lipinski definition) is 3. The molecule has 1 saturated heterocycles. The maximum absolute atomic E-state index is 12.5. The molecule has 1 aliphatic heterocycles. The van der Waals surface area contributed by atoms with E-state index in [1.54, 1.807) is 7.11 Å². The van der Waals surface area contributed by atoms with Crippen LogP contribution in [0.1, 0.15) is 37.2 Å². The highest BCUT2D eigenvalue weighted by Crippen LogP contribution is 2.30. The third-order valence-electron chi connectivity index (χ3n) is 5.08. The Balaban J connectivity index is 1.72. The number of ether oxygens (including phenoxy) is 1. The molecule has 1 heterocycles. The number of likely N-dealkylation sites (tertiary alicyclic amines) is 1. The minimum atomic E-state index is 0.199. The van der Waals surface area contributed by atoms with Gasteiger partial charge in [0.05, 0.1) is 7.11 Å². The molecule has 0 aromatic heterocycles. The molecule has 1 aromatic carbocycles. The van der Waals surface area contributed by atoms with Crippen molar-refractivity contribution in [1.29, 1.82) is 0 Å². The second-order valence-corrected chi connectivity index (χ2v) is 6.70. The van der Waals surface area contributed by atoms with Gasteiger partial charge in [0.2, 0.25) is 5.91 Å². The van der Waals surface area contributed by atoms with Crippen molar-refractivity contribution in [2.75, 3.05) is 27.2 Å². The molecule has 4 heteroatoms. The van der Waals surface area contributed by atoms with Crippen molar-refractivity contribution in [2.24, 2.45) is 5.92 Å². The van der Waals surface area contributed by atoms with Crippen molar-refractivity contribution in [3.8, 4) is 5.75 Å². The van der Waals surface area contributed by atoms with E-state index >= 15 is 0 Å². The summed E-state index contributed by atoms with van der Waals surface area (Å²) >= 11 is 0. The first-order valence-electron chi connectivity index (χ1n) is 8.30. The lowest BCUT2D eigenvalue weighted by Gasteiger charge is -2.22. The second kappa shape index (κ2) is 6.69. The zero-order valence-electron chi connectivity index (χ0n) is 13.5. The number of hydrogen-bond donors (Lipinski definition) is 1. The average molecular weight is 302 g/mol. The van der Waals surface area contributed by atoms with Gasteiger partial charge in [0.1, 0.15) is 5.75 Å². The van der Waals surface area contributed by atoms with Crippen LogP contribution < -0.4 is 10.1 Å². The molecule has 120 valence electrons. The van der Waals surface area contributed by atoms with E-state index in [4.69, 9.17) is 4.74 Å². The fourth-order valence-electron chi connectivity index (χ4n) is 3.85. The summed E-state index contributed by atoms with van der Waals surface area (Å²) in [4.78, 5) is 14.7. The number of carbonyl (C=O) groups excluding carboxylic acids is 1. The van der Waals surface area contributed by atoms with Gasteiger partial charge in [-0.3, -0.25) is 4.79 Å². The molecular weight excluding hydrogens is 276 g/mol. The Morgan fingerprint density at radius 2 is 2.05 bits per heavy atom. The third-order valence-corrected chi connectivity index (χ3v) is 5.08. The van der Waals surface area contributed by atoms with Crippen molar-refractivity contribution in [1.82, 2.24) is 10.2 Å². The topological polar surface area (TPSA) is 41.6 Å². The van der Waals surface area contributed by atoms with E-state index in [0.717, 1.165) is 31.7 Å². The minimum absolute atomic E-state index is 0.199. The van der Waals surface area contributed by atoms with E-state index in [-0.39, 0.29) is 17.9 Å². The number of methoxy groups -OCH3 is 1. The normalized spacial score (nSPS) is 26.3. The van der Waals surface area contributed by atoms with Gasteiger partial charge in [0, 0.05) is 31.0 Å². The van der Waals surface area contributed by atoms with Crippen LogP contribution in [-0.4, -0.2) is 44.1 Å². The number of rotatable bonds is 4. The lowest BCUT2D eigenvalue weighted by Crippen LogP contribution is -2.42. The van der Waals surface area contributed by atoms with Gasteiger partial charge in [-0.15, -0.1) is 0 Å². The van der Waals surface area contributed by atoms with Gasteiger partial charge in [-0.2, -0.15) is 0 Å². The molecule has 1 N–H and O–H groups in total. The highest BCUT2D eigenvalue weighted by molar-refractivity contribution is 5.79. The Labute approximate surface area is 132 Å². The maximum atomic E-state index is 12.5. The predicted octanol–water partition coefficient (Wildman–Crippen LogP) is 2.40. The summed E-state index contributed by atoms with van der Waals surface area (Å²) in [6.07, 6.45) is 4.50. The summed E-state index contributed by atoms with van der Waals surface area (Å²) in [5.74, 6) is 1.71. The van der Waals surface area contributed by atoms with Gasteiger partial charge in [-0.1, -0.05) is 25.0 Å². The Morgan fingerprint density at radius 3 is 2.77 bits per heavy atom. The lowest BCUT2D eigenvalue weighted by atomic mass is 9.93. The van der Waals surface area contributed by atoms with Crippen molar-refractivity contribution in [3.63, 3.8) is 0 Å². The quantitative estimate of drug-likeness (QED) is 0.928. The maximum Gasteiger partial charge on any atom is 0.223 e. The van der Waals surface area contributed by atoms with Crippen LogP contribution in [0.15, 0.2) is 24.3 Å². The lowest BCUT2D eigenvalue weighted by molar-refractivity contribution is -0.125. The van der Waals surface area contributed by atoms with Gasteiger partial charge in [-0.25, -0.2) is 0 Å². The summed E-state index contributed by atoms with van der Waals surface area (Å²) in [6.45, 7) is 1.89. The minimum Gasteiger partial charge on any atom is -0.497 e. The summed E-state index contributed by atoms with van der Waals surface area (Å²) in [7, 11) is 3.81.